The molecule has 4 heteroatoms. The number of rotatable bonds is 2. The summed E-state index contributed by atoms with van der Waals surface area (Å²) in [6, 6.07) is 5.51. The van der Waals surface area contributed by atoms with Gasteiger partial charge in [0.25, 0.3) is 0 Å². The largest absolute Gasteiger partial charge is 0.285 e. The zero-order valence-corrected chi connectivity index (χ0v) is 6.60. The van der Waals surface area contributed by atoms with Crippen LogP contribution in [0.4, 0.5) is 5.82 Å². The molecule has 0 radical (unpaired) electrons. The third-order valence-corrected chi connectivity index (χ3v) is 0.975. The first-order valence-corrected chi connectivity index (χ1v) is 3.29. The first kappa shape index (κ1) is 7.65. The second-order valence-corrected chi connectivity index (χ2v) is 2.22. The van der Waals surface area contributed by atoms with Crippen molar-refractivity contribution in [2.45, 2.75) is 0 Å². The van der Waals surface area contributed by atoms with Gasteiger partial charge in [0.15, 0.2) is 5.82 Å². The molecular weight excluding hydrogens is 140 g/mol. The standard InChI is InChI=1S/C7H10N4/c1-11(2)10-9-7-5-3-4-6-8-7/h3-6H,1-2H3/b10-9-. The van der Waals surface area contributed by atoms with E-state index in [0.717, 1.165) is 0 Å². The van der Waals surface area contributed by atoms with Crippen LogP contribution in [0.2, 0.25) is 0 Å². The van der Waals surface area contributed by atoms with E-state index in [2.05, 4.69) is 15.3 Å². The fraction of sp³-hybridized carbons (Fsp3) is 0.286. The Hall–Kier alpha value is -1.45. The molecule has 1 aromatic heterocycles. The first-order chi connectivity index (χ1) is 5.29. The molecule has 0 aliphatic rings. The highest BCUT2D eigenvalue weighted by atomic mass is 15.5. The minimum absolute atomic E-state index is 0.626. The van der Waals surface area contributed by atoms with E-state index in [1.165, 1.54) is 0 Å². The van der Waals surface area contributed by atoms with Crippen molar-refractivity contribution in [3.05, 3.63) is 24.4 Å². The summed E-state index contributed by atoms with van der Waals surface area (Å²) in [5, 5.41) is 9.26. The van der Waals surface area contributed by atoms with Crippen LogP contribution in [0.5, 0.6) is 0 Å². The molecule has 0 amide bonds. The van der Waals surface area contributed by atoms with Gasteiger partial charge in [-0.3, -0.25) is 5.01 Å². The lowest BCUT2D eigenvalue weighted by atomic mass is 10.5. The predicted molar refractivity (Wildman–Crippen MR) is 42.4 cm³/mol. The Morgan fingerprint density at radius 3 is 2.73 bits per heavy atom. The molecule has 11 heavy (non-hydrogen) atoms. The number of aromatic nitrogens is 1. The topological polar surface area (TPSA) is 40.9 Å². The Labute approximate surface area is 65.6 Å². The molecule has 0 saturated heterocycles. The Bertz CT molecular complexity index is 229. The van der Waals surface area contributed by atoms with Crippen molar-refractivity contribution in [2.75, 3.05) is 14.1 Å². The van der Waals surface area contributed by atoms with Gasteiger partial charge in [0.1, 0.15) is 0 Å². The van der Waals surface area contributed by atoms with E-state index in [4.69, 9.17) is 0 Å². The highest BCUT2D eigenvalue weighted by molar-refractivity contribution is 5.23. The van der Waals surface area contributed by atoms with Crippen molar-refractivity contribution in [2.24, 2.45) is 10.3 Å². The molecule has 1 rings (SSSR count). The zero-order valence-electron chi connectivity index (χ0n) is 6.60. The van der Waals surface area contributed by atoms with Crippen molar-refractivity contribution in [1.29, 1.82) is 0 Å². The molecule has 1 heterocycles. The van der Waals surface area contributed by atoms with Gasteiger partial charge in [0.2, 0.25) is 0 Å². The molecule has 1 aromatic rings. The van der Waals surface area contributed by atoms with Crippen LogP contribution in [0.3, 0.4) is 0 Å². The van der Waals surface area contributed by atoms with Crippen LogP contribution >= 0.6 is 0 Å². The van der Waals surface area contributed by atoms with E-state index in [1.54, 1.807) is 17.3 Å². The molecule has 0 unspecified atom stereocenters. The normalized spacial score (nSPS) is 10.4. The minimum atomic E-state index is 0.626. The molecule has 4 nitrogen and oxygen atoms in total. The van der Waals surface area contributed by atoms with Gasteiger partial charge >= 0.3 is 0 Å². The summed E-state index contributed by atoms with van der Waals surface area (Å²) in [7, 11) is 3.62. The van der Waals surface area contributed by atoms with Crippen LogP contribution in [0, 0.1) is 0 Å². The highest BCUT2D eigenvalue weighted by Crippen LogP contribution is 2.04. The molecule has 0 saturated carbocycles. The van der Waals surface area contributed by atoms with E-state index in [1.807, 2.05) is 26.2 Å². The lowest BCUT2D eigenvalue weighted by molar-refractivity contribution is 0.408. The van der Waals surface area contributed by atoms with Gasteiger partial charge in [0.05, 0.1) is 0 Å². The molecule has 0 aliphatic carbocycles. The van der Waals surface area contributed by atoms with Crippen molar-refractivity contribution < 1.29 is 0 Å². The molecule has 58 valence electrons. The van der Waals surface area contributed by atoms with E-state index in [9.17, 15) is 0 Å². The van der Waals surface area contributed by atoms with Gasteiger partial charge in [0, 0.05) is 20.3 Å². The number of hydrogen-bond donors (Lipinski definition) is 0. The fourth-order valence-electron chi connectivity index (χ4n) is 0.548. The average Bonchev–Trinajstić information content (AvgIpc) is 2.03. The summed E-state index contributed by atoms with van der Waals surface area (Å²) < 4.78 is 0. The quantitative estimate of drug-likeness (QED) is 0.475. The molecule has 0 N–H and O–H groups in total. The summed E-state index contributed by atoms with van der Waals surface area (Å²) >= 11 is 0. The monoisotopic (exact) mass is 150 g/mol. The fourth-order valence-corrected chi connectivity index (χ4v) is 0.548. The summed E-state index contributed by atoms with van der Waals surface area (Å²) in [6.45, 7) is 0. The smallest absolute Gasteiger partial charge is 0.176 e. The highest BCUT2D eigenvalue weighted by Gasteiger charge is 1.85. The summed E-state index contributed by atoms with van der Waals surface area (Å²) in [5.74, 6) is 0.626. The molecule has 0 fully saturated rings. The van der Waals surface area contributed by atoms with Gasteiger partial charge in [-0.2, -0.15) is 0 Å². The molecule has 0 spiro atoms. The minimum Gasteiger partial charge on any atom is -0.285 e. The van der Waals surface area contributed by atoms with Gasteiger partial charge in [-0.25, -0.2) is 4.98 Å². The lowest BCUT2D eigenvalue weighted by Gasteiger charge is -1.98. The van der Waals surface area contributed by atoms with Crippen molar-refractivity contribution in [3.8, 4) is 0 Å². The molecule has 0 bridgehead atoms. The maximum Gasteiger partial charge on any atom is 0.176 e. The maximum atomic E-state index is 3.96. The Kier molecular flexibility index (Phi) is 2.54. The molecule has 0 aromatic carbocycles. The molecular formula is C7H10N4. The van der Waals surface area contributed by atoms with Crippen LogP contribution in [0.25, 0.3) is 0 Å². The number of pyridine rings is 1. The average molecular weight is 150 g/mol. The third-order valence-electron chi connectivity index (χ3n) is 0.975. The second-order valence-electron chi connectivity index (χ2n) is 2.22. The van der Waals surface area contributed by atoms with Crippen molar-refractivity contribution in [3.63, 3.8) is 0 Å². The second kappa shape index (κ2) is 3.65. The van der Waals surface area contributed by atoms with Crippen molar-refractivity contribution >= 4 is 5.82 Å². The summed E-state index contributed by atoms with van der Waals surface area (Å²) in [5.41, 5.74) is 0. The maximum absolute atomic E-state index is 3.96. The van der Waals surface area contributed by atoms with Crippen LogP contribution in [-0.2, 0) is 0 Å². The molecule has 0 aliphatic heterocycles. The van der Waals surface area contributed by atoms with Crippen LogP contribution in [-0.4, -0.2) is 24.1 Å². The van der Waals surface area contributed by atoms with Gasteiger partial charge in [-0.1, -0.05) is 11.3 Å². The predicted octanol–water partition coefficient (Wildman–Crippen LogP) is 1.64. The van der Waals surface area contributed by atoms with Crippen molar-refractivity contribution in [1.82, 2.24) is 9.99 Å². The van der Waals surface area contributed by atoms with E-state index in [0.29, 0.717) is 5.82 Å². The number of nitrogens with zero attached hydrogens (tertiary/aromatic N) is 4. The van der Waals surface area contributed by atoms with E-state index >= 15 is 0 Å². The third kappa shape index (κ3) is 2.75. The van der Waals surface area contributed by atoms with E-state index in [-0.39, 0.29) is 0 Å². The lowest BCUT2D eigenvalue weighted by Crippen LogP contribution is -1.98. The molecule has 0 atom stereocenters. The van der Waals surface area contributed by atoms with E-state index < -0.39 is 0 Å². The Morgan fingerprint density at radius 2 is 2.18 bits per heavy atom. The van der Waals surface area contributed by atoms with Gasteiger partial charge in [-0.15, -0.1) is 5.11 Å². The van der Waals surface area contributed by atoms with Crippen LogP contribution in [0.15, 0.2) is 34.7 Å². The Balaban J connectivity index is 2.65. The Morgan fingerprint density at radius 1 is 1.36 bits per heavy atom. The zero-order chi connectivity index (χ0) is 8.10. The van der Waals surface area contributed by atoms with Crippen LogP contribution < -0.4 is 0 Å². The van der Waals surface area contributed by atoms with Gasteiger partial charge < -0.3 is 0 Å². The first-order valence-electron chi connectivity index (χ1n) is 3.29. The summed E-state index contributed by atoms with van der Waals surface area (Å²) in [6.07, 6.45) is 1.68. The summed E-state index contributed by atoms with van der Waals surface area (Å²) in [4.78, 5) is 3.96. The van der Waals surface area contributed by atoms with Crippen LogP contribution in [0.1, 0.15) is 0 Å². The van der Waals surface area contributed by atoms with Gasteiger partial charge in [-0.05, 0) is 12.1 Å². The SMILES string of the molecule is CN(C)/N=N\c1ccccn1. The number of hydrogen-bond acceptors (Lipinski definition) is 3.